The number of carbonyl (C=O) groups excluding carboxylic acids is 1. The predicted octanol–water partition coefficient (Wildman–Crippen LogP) is 1.62. The van der Waals surface area contributed by atoms with Crippen LogP contribution in [0.1, 0.15) is 40.5 Å². The van der Waals surface area contributed by atoms with Gasteiger partial charge < -0.3 is 10.6 Å². The quantitative estimate of drug-likeness (QED) is 0.756. The van der Waals surface area contributed by atoms with Crippen LogP contribution in [0.5, 0.6) is 0 Å². The van der Waals surface area contributed by atoms with Gasteiger partial charge in [0.25, 0.3) is 0 Å². The summed E-state index contributed by atoms with van der Waals surface area (Å²) in [6.07, 6.45) is 1.60. The molecule has 1 unspecified atom stereocenters. The van der Waals surface area contributed by atoms with Crippen LogP contribution in [0, 0.1) is 11.3 Å². The van der Waals surface area contributed by atoms with Gasteiger partial charge in [-0.1, -0.05) is 27.7 Å². The third kappa shape index (κ3) is 3.49. The Morgan fingerprint density at radius 1 is 1.53 bits per heavy atom. The minimum absolute atomic E-state index is 0.193. The topological polar surface area (TPSA) is 46.3 Å². The zero-order valence-corrected chi connectivity index (χ0v) is 10.4. The highest BCUT2D eigenvalue weighted by atomic mass is 16.2. The molecule has 1 amide bonds. The molecule has 0 bridgehead atoms. The van der Waals surface area contributed by atoms with E-state index in [0.717, 1.165) is 19.5 Å². The summed E-state index contributed by atoms with van der Waals surface area (Å²) in [6, 6.07) is 0.193. The van der Waals surface area contributed by atoms with E-state index in [1.54, 1.807) is 0 Å². The van der Waals surface area contributed by atoms with Gasteiger partial charge in [-0.2, -0.15) is 0 Å². The first kappa shape index (κ1) is 12.5. The van der Waals surface area contributed by atoms with Crippen LogP contribution in [-0.4, -0.2) is 29.9 Å². The lowest BCUT2D eigenvalue weighted by atomic mass is 9.80. The molecule has 88 valence electrons. The minimum Gasteiger partial charge on any atom is -0.341 e. The smallest absolute Gasteiger partial charge is 0.222 e. The Morgan fingerprint density at radius 2 is 2.13 bits per heavy atom. The van der Waals surface area contributed by atoms with E-state index >= 15 is 0 Å². The van der Waals surface area contributed by atoms with Gasteiger partial charge >= 0.3 is 0 Å². The van der Waals surface area contributed by atoms with Crippen molar-refractivity contribution in [2.24, 2.45) is 17.1 Å². The number of nitrogens with two attached hydrogens (primary N) is 1. The van der Waals surface area contributed by atoms with Crippen LogP contribution in [0.15, 0.2) is 0 Å². The van der Waals surface area contributed by atoms with Gasteiger partial charge in [0.15, 0.2) is 0 Å². The van der Waals surface area contributed by atoms with Crippen LogP contribution in [-0.2, 0) is 4.79 Å². The van der Waals surface area contributed by atoms with Gasteiger partial charge in [0.2, 0.25) is 5.91 Å². The van der Waals surface area contributed by atoms with Crippen LogP contribution in [0.25, 0.3) is 0 Å². The van der Waals surface area contributed by atoms with Crippen LogP contribution in [0.2, 0.25) is 0 Å². The maximum absolute atomic E-state index is 11.9. The Morgan fingerprint density at radius 3 is 2.53 bits per heavy atom. The molecule has 0 radical (unpaired) electrons. The molecule has 1 heterocycles. The molecule has 1 aliphatic rings. The van der Waals surface area contributed by atoms with E-state index in [4.69, 9.17) is 5.73 Å². The van der Waals surface area contributed by atoms with Gasteiger partial charge in [0.05, 0.1) is 0 Å². The maximum Gasteiger partial charge on any atom is 0.222 e. The Balaban J connectivity index is 2.42. The Kier molecular flexibility index (Phi) is 3.77. The summed E-state index contributed by atoms with van der Waals surface area (Å²) in [6.45, 7) is 10.3. The van der Waals surface area contributed by atoms with Gasteiger partial charge in [-0.3, -0.25) is 4.79 Å². The maximum atomic E-state index is 11.9. The number of carbonyl (C=O) groups is 1. The van der Waals surface area contributed by atoms with Gasteiger partial charge in [0, 0.05) is 25.6 Å². The molecule has 0 aromatic carbocycles. The van der Waals surface area contributed by atoms with Crippen molar-refractivity contribution < 1.29 is 4.79 Å². The van der Waals surface area contributed by atoms with Gasteiger partial charge in [-0.25, -0.2) is 0 Å². The molecule has 0 aliphatic carbocycles. The summed E-state index contributed by atoms with van der Waals surface area (Å²) in [4.78, 5) is 13.8. The van der Waals surface area contributed by atoms with Crippen molar-refractivity contribution >= 4 is 5.91 Å². The fourth-order valence-corrected chi connectivity index (χ4v) is 1.71. The first-order chi connectivity index (χ1) is 6.80. The van der Waals surface area contributed by atoms with Crippen LogP contribution < -0.4 is 5.73 Å². The highest BCUT2D eigenvalue weighted by molar-refractivity contribution is 5.76. The normalized spacial score (nSPS) is 24.3. The summed E-state index contributed by atoms with van der Waals surface area (Å²) < 4.78 is 0. The number of nitrogens with zero attached hydrogens (tertiary/aromatic N) is 1. The summed E-state index contributed by atoms with van der Waals surface area (Å²) in [7, 11) is 0. The molecule has 0 aromatic heterocycles. The van der Waals surface area contributed by atoms with E-state index in [9.17, 15) is 4.79 Å². The second-order valence-electron chi connectivity index (χ2n) is 5.86. The number of hydrogen-bond donors (Lipinski definition) is 1. The molecular weight excluding hydrogens is 188 g/mol. The molecule has 1 saturated heterocycles. The van der Waals surface area contributed by atoms with Crippen molar-refractivity contribution in [3.05, 3.63) is 0 Å². The molecule has 0 saturated carbocycles. The largest absolute Gasteiger partial charge is 0.341 e. The lowest BCUT2D eigenvalue weighted by Crippen LogP contribution is -2.34. The second kappa shape index (κ2) is 4.52. The standard InChI is InChI=1S/C12H24N2O/c1-9(12(2,3)4)7-11(15)14-6-5-10(13)8-14/h9-10H,5-8,13H2,1-4H3/t9?,10-/m1/s1. The fraction of sp³-hybridized carbons (Fsp3) is 0.917. The van der Waals surface area contributed by atoms with Crippen molar-refractivity contribution in [3.8, 4) is 0 Å². The van der Waals surface area contributed by atoms with Crippen molar-refractivity contribution in [2.75, 3.05) is 13.1 Å². The molecule has 0 aromatic rings. The minimum atomic E-state index is 0.193. The SMILES string of the molecule is CC(CC(=O)N1CC[C@@H](N)C1)C(C)(C)C. The molecule has 2 N–H and O–H groups in total. The summed E-state index contributed by atoms with van der Waals surface area (Å²) in [5.74, 6) is 0.687. The summed E-state index contributed by atoms with van der Waals surface area (Å²) >= 11 is 0. The Bertz CT molecular complexity index is 232. The Hall–Kier alpha value is -0.570. The third-order valence-corrected chi connectivity index (χ3v) is 3.54. The lowest BCUT2D eigenvalue weighted by molar-refractivity contribution is -0.131. The van der Waals surface area contributed by atoms with E-state index in [0.29, 0.717) is 12.3 Å². The highest BCUT2D eigenvalue weighted by Crippen LogP contribution is 2.28. The molecule has 1 aliphatic heterocycles. The first-order valence-corrected chi connectivity index (χ1v) is 5.84. The average molecular weight is 212 g/mol. The van der Waals surface area contributed by atoms with E-state index in [2.05, 4.69) is 27.7 Å². The first-order valence-electron chi connectivity index (χ1n) is 5.84. The molecule has 0 spiro atoms. The summed E-state index contributed by atoms with van der Waals surface area (Å²) in [5.41, 5.74) is 5.99. The van der Waals surface area contributed by atoms with E-state index in [-0.39, 0.29) is 17.4 Å². The van der Waals surface area contributed by atoms with E-state index in [1.165, 1.54) is 0 Å². The highest BCUT2D eigenvalue weighted by Gasteiger charge is 2.28. The summed E-state index contributed by atoms with van der Waals surface area (Å²) in [5, 5.41) is 0. The molecule has 3 heteroatoms. The van der Waals surface area contributed by atoms with Crippen molar-refractivity contribution in [2.45, 2.75) is 46.6 Å². The van der Waals surface area contributed by atoms with Crippen molar-refractivity contribution in [3.63, 3.8) is 0 Å². The second-order valence-corrected chi connectivity index (χ2v) is 5.86. The third-order valence-electron chi connectivity index (χ3n) is 3.54. The zero-order chi connectivity index (χ0) is 11.6. The molecule has 3 nitrogen and oxygen atoms in total. The average Bonchev–Trinajstić information content (AvgIpc) is 2.50. The lowest BCUT2D eigenvalue weighted by Gasteiger charge is -2.28. The number of likely N-dealkylation sites (tertiary alicyclic amines) is 1. The van der Waals surface area contributed by atoms with Gasteiger partial charge in [-0.15, -0.1) is 0 Å². The van der Waals surface area contributed by atoms with E-state index < -0.39 is 0 Å². The molecule has 15 heavy (non-hydrogen) atoms. The Labute approximate surface area is 93.0 Å². The van der Waals surface area contributed by atoms with Crippen LogP contribution in [0.4, 0.5) is 0 Å². The van der Waals surface area contributed by atoms with Gasteiger partial charge in [0.1, 0.15) is 0 Å². The molecular formula is C12H24N2O. The number of amides is 1. The molecule has 2 atom stereocenters. The number of rotatable bonds is 2. The molecule has 1 fully saturated rings. The number of hydrogen-bond acceptors (Lipinski definition) is 2. The molecule has 1 rings (SSSR count). The van der Waals surface area contributed by atoms with Crippen molar-refractivity contribution in [1.29, 1.82) is 0 Å². The predicted molar refractivity (Wildman–Crippen MR) is 62.4 cm³/mol. The van der Waals surface area contributed by atoms with Crippen molar-refractivity contribution in [1.82, 2.24) is 4.90 Å². The van der Waals surface area contributed by atoms with Crippen LogP contribution in [0.3, 0.4) is 0 Å². The van der Waals surface area contributed by atoms with Crippen LogP contribution >= 0.6 is 0 Å². The van der Waals surface area contributed by atoms with Gasteiger partial charge in [-0.05, 0) is 17.8 Å². The fourth-order valence-electron chi connectivity index (χ4n) is 1.71. The monoisotopic (exact) mass is 212 g/mol. The van der Waals surface area contributed by atoms with E-state index in [1.807, 2.05) is 4.90 Å². The zero-order valence-electron chi connectivity index (χ0n) is 10.4.